The van der Waals surface area contributed by atoms with Gasteiger partial charge >= 0.3 is 5.97 Å². The minimum Gasteiger partial charge on any atom is -0.465 e. The molecule has 8 nitrogen and oxygen atoms in total. The van der Waals surface area contributed by atoms with E-state index in [1.54, 1.807) is 21.9 Å². The summed E-state index contributed by atoms with van der Waals surface area (Å²) in [6.07, 6.45) is 0.492. The topological polar surface area (TPSA) is 96.0 Å². The van der Waals surface area contributed by atoms with Gasteiger partial charge in [0.1, 0.15) is 6.42 Å². The van der Waals surface area contributed by atoms with E-state index < -0.39 is 11.9 Å². The minimum absolute atomic E-state index is 0.264. The second-order valence-electron chi connectivity index (χ2n) is 5.32. The highest BCUT2D eigenvalue weighted by Crippen LogP contribution is 2.11. The lowest BCUT2D eigenvalue weighted by molar-refractivity contribution is -0.137. The van der Waals surface area contributed by atoms with E-state index in [-0.39, 0.29) is 12.3 Å². The molecule has 0 bridgehead atoms. The molecule has 0 aromatic heterocycles. The summed E-state index contributed by atoms with van der Waals surface area (Å²) in [5.41, 5.74) is 0.867. The number of hydrogen-bond acceptors (Lipinski definition) is 5. The molecule has 0 atom stereocenters. The molecule has 1 fully saturated rings. The highest BCUT2D eigenvalue weighted by Gasteiger charge is 2.22. The molecule has 3 amide bonds. The van der Waals surface area contributed by atoms with Gasteiger partial charge in [0.15, 0.2) is 0 Å². The Balaban J connectivity index is 1.83. The van der Waals surface area contributed by atoms with Crippen LogP contribution in [-0.2, 0) is 19.1 Å². The van der Waals surface area contributed by atoms with Crippen molar-refractivity contribution < 1.29 is 23.9 Å². The standard InChI is InChI=1S/C16H19N3O5/c1-24-16(23)12-2-4-13(5-3-12)17-14(21)10-15(22)19-8-6-18(11-20)7-9-19/h2-5,11H,6-10H2,1H3,(H,17,21). The quantitative estimate of drug-likeness (QED) is 0.468. The molecule has 128 valence electrons. The van der Waals surface area contributed by atoms with Gasteiger partial charge in [0.2, 0.25) is 18.2 Å². The number of anilines is 1. The first-order valence-corrected chi connectivity index (χ1v) is 7.49. The number of piperazine rings is 1. The first kappa shape index (κ1) is 17.5. The molecule has 1 aliphatic heterocycles. The van der Waals surface area contributed by atoms with Gasteiger partial charge in [-0.15, -0.1) is 0 Å². The Morgan fingerprint density at radius 3 is 2.29 bits per heavy atom. The number of nitrogens with zero attached hydrogens (tertiary/aromatic N) is 2. The van der Waals surface area contributed by atoms with Gasteiger partial charge in [-0.25, -0.2) is 4.79 Å². The van der Waals surface area contributed by atoms with Crippen LogP contribution in [0.2, 0.25) is 0 Å². The number of amides is 3. The smallest absolute Gasteiger partial charge is 0.337 e. The predicted molar refractivity (Wildman–Crippen MR) is 85.2 cm³/mol. The monoisotopic (exact) mass is 333 g/mol. The average molecular weight is 333 g/mol. The summed E-state index contributed by atoms with van der Waals surface area (Å²) in [5.74, 6) is -1.16. The summed E-state index contributed by atoms with van der Waals surface area (Å²) in [7, 11) is 1.29. The van der Waals surface area contributed by atoms with Crippen molar-refractivity contribution in [3.63, 3.8) is 0 Å². The first-order chi connectivity index (χ1) is 11.5. The van der Waals surface area contributed by atoms with Gasteiger partial charge < -0.3 is 19.9 Å². The van der Waals surface area contributed by atoms with E-state index in [2.05, 4.69) is 10.1 Å². The second-order valence-corrected chi connectivity index (χ2v) is 5.32. The van der Waals surface area contributed by atoms with Crippen LogP contribution < -0.4 is 5.32 Å². The summed E-state index contributed by atoms with van der Waals surface area (Å²) in [5, 5.41) is 2.61. The Bertz CT molecular complexity index is 621. The van der Waals surface area contributed by atoms with Crippen LogP contribution in [-0.4, -0.2) is 67.3 Å². The van der Waals surface area contributed by atoms with Crippen molar-refractivity contribution in [2.24, 2.45) is 0 Å². The largest absolute Gasteiger partial charge is 0.465 e. The van der Waals surface area contributed by atoms with Crippen molar-refractivity contribution in [2.75, 3.05) is 38.6 Å². The van der Waals surface area contributed by atoms with Crippen molar-refractivity contribution in [3.05, 3.63) is 29.8 Å². The highest BCUT2D eigenvalue weighted by molar-refractivity contribution is 6.03. The lowest BCUT2D eigenvalue weighted by Gasteiger charge is -2.32. The fraction of sp³-hybridized carbons (Fsp3) is 0.375. The van der Waals surface area contributed by atoms with E-state index in [4.69, 9.17) is 0 Å². The van der Waals surface area contributed by atoms with Crippen LogP contribution in [0.4, 0.5) is 5.69 Å². The molecule has 1 saturated heterocycles. The summed E-state index contributed by atoms with van der Waals surface area (Å²) in [4.78, 5) is 49.1. The summed E-state index contributed by atoms with van der Waals surface area (Å²) < 4.78 is 4.59. The van der Waals surface area contributed by atoms with Gasteiger partial charge in [-0.2, -0.15) is 0 Å². The summed E-state index contributed by atoms with van der Waals surface area (Å²) in [6.45, 7) is 1.81. The normalized spacial score (nSPS) is 14.0. The molecule has 0 spiro atoms. The van der Waals surface area contributed by atoms with Gasteiger partial charge in [-0.05, 0) is 24.3 Å². The Hall–Kier alpha value is -2.90. The number of methoxy groups -OCH3 is 1. The van der Waals surface area contributed by atoms with Gasteiger partial charge in [0.25, 0.3) is 0 Å². The zero-order valence-electron chi connectivity index (χ0n) is 13.4. The molecular weight excluding hydrogens is 314 g/mol. The highest BCUT2D eigenvalue weighted by atomic mass is 16.5. The summed E-state index contributed by atoms with van der Waals surface area (Å²) in [6, 6.07) is 6.19. The maximum atomic E-state index is 12.1. The number of carbonyl (C=O) groups excluding carboxylic acids is 4. The SMILES string of the molecule is COC(=O)c1ccc(NC(=O)CC(=O)N2CCN(C=O)CC2)cc1. The van der Waals surface area contributed by atoms with E-state index in [9.17, 15) is 19.2 Å². The zero-order chi connectivity index (χ0) is 17.5. The number of ether oxygens (including phenoxy) is 1. The van der Waals surface area contributed by atoms with Gasteiger partial charge in [-0.3, -0.25) is 14.4 Å². The molecule has 2 rings (SSSR count). The Morgan fingerprint density at radius 2 is 1.75 bits per heavy atom. The number of rotatable bonds is 5. The van der Waals surface area contributed by atoms with Crippen molar-refractivity contribution in [1.82, 2.24) is 9.80 Å². The first-order valence-electron chi connectivity index (χ1n) is 7.49. The Labute approximate surface area is 139 Å². The van der Waals surface area contributed by atoms with Crippen molar-refractivity contribution >= 4 is 29.9 Å². The molecule has 0 aliphatic carbocycles. The number of benzene rings is 1. The Kier molecular flexibility index (Phi) is 5.89. The molecule has 0 unspecified atom stereocenters. The third kappa shape index (κ3) is 4.55. The van der Waals surface area contributed by atoms with Crippen LogP contribution in [0.5, 0.6) is 0 Å². The fourth-order valence-corrected chi connectivity index (χ4v) is 2.34. The average Bonchev–Trinajstić information content (AvgIpc) is 2.61. The predicted octanol–water partition coefficient (Wildman–Crippen LogP) is 0.102. The molecule has 1 heterocycles. The van der Waals surface area contributed by atoms with Crippen molar-refractivity contribution in [2.45, 2.75) is 6.42 Å². The lowest BCUT2D eigenvalue weighted by Crippen LogP contribution is -2.48. The van der Waals surface area contributed by atoms with Crippen LogP contribution in [0, 0.1) is 0 Å². The van der Waals surface area contributed by atoms with E-state index in [1.165, 1.54) is 19.2 Å². The van der Waals surface area contributed by atoms with E-state index in [1.807, 2.05) is 0 Å². The van der Waals surface area contributed by atoms with E-state index in [0.29, 0.717) is 37.4 Å². The van der Waals surface area contributed by atoms with Gasteiger partial charge in [0.05, 0.1) is 12.7 Å². The lowest BCUT2D eigenvalue weighted by atomic mass is 10.2. The molecular formula is C16H19N3O5. The van der Waals surface area contributed by atoms with Crippen LogP contribution in [0.25, 0.3) is 0 Å². The maximum Gasteiger partial charge on any atom is 0.337 e. The van der Waals surface area contributed by atoms with Crippen LogP contribution in [0.3, 0.4) is 0 Å². The fourth-order valence-electron chi connectivity index (χ4n) is 2.34. The second kappa shape index (κ2) is 8.09. The van der Waals surface area contributed by atoms with Gasteiger partial charge in [-0.1, -0.05) is 0 Å². The third-order valence-electron chi connectivity index (χ3n) is 3.72. The number of carbonyl (C=O) groups is 4. The maximum absolute atomic E-state index is 12.1. The summed E-state index contributed by atoms with van der Waals surface area (Å²) >= 11 is 0. The number of esters is 1. The van der Waals surface area contributed by atoms with Crippen LogP contribution in [0.1, 0.15) is 16.8 Å². The molecule has 0 radical (unpaired) electrons. The number of nitrogens with one attached hydrogen (secondary N) is 1. The molecule has 1 aromatic carbocycles. The Morgan fingerprint density at radius 1 is 1.12 bits per heavy atom. The van der Waals surface area contributed by atoms with Crippen molar-refractivity contribution in [1.29, 1.82) is 0 Å². The van der Waals surface area contributed by atoms with Crippen LogP contribution >= 0.6 is 0 Å². The van der Waals surface area contributed by atoms with E-state index in [0.717, 1.165) is 6.41 Å². The van der Waals surface area contributed by atoms with Crippen LogP contribution in [0.15, 0.2) is 24.3 Å². The zero-order valence-corrected chi connectivity index (χ0v) is 13.4. The molecule has 1 aliphatic rings. The molecule has 1 aromatic rings. The molecule has 0 saturated carbocycles. The van der Waals surface area contributed by atoms with E-state index >= 15 is 0 Å². The molecule has 24 heavy (non-hydrogen) atoms. The third-order valence-corrected chi connectivity index (χ3v) is 3.72. The van der Waals surface area contributed by atoms with Crippen molar-refractivity contribution in [3.8, 4) is 0 Å². The van der Waals surface area contributed by atoms with Gasteiger partial charge in [0, 0.05) is 31.9 Å². The molecule has 1 N–H and O–H groups in total. The number of hydrogen-bond donors (Lipinski definition) is 1. The minimum atomic E-state index is -0.461. The molecule has 8 heteroatoms.